The molecule has 1 unspecified atom stereocenters. The fourth-order valence-electron chi connectivity index (χ4n) is 1.93. The van der Waals surface area contributed by atoms with Crippen LogP contribution < -0.4 is 15.8 Å². The topological polar surface area (TPSA) is 64.4 Å². The summed E-state index contributed by atoms with van der Waals surface area (Å²) in [6.45, 7) is 2.90. The van der Waals surface area contributed by atoms with E-state index >= 15 is 0 Å². The van der Waals surface area contributed by atoms with Gasteiger partial charge in [-0.3, -0.25) is 4.79 Å². The van der Waals surface area contributed by atoms with Crippen LogP contribution in [0, 0.1) is 5.92 Å². The van der Waals surface area contributed by atoms with Crippen molar-refractivity contribution < 1.29 is 9.53 Å². The number of ether oxygens (including phenoxy) is 1. The summed E-state index contributed by atoms with van der Waals surface area (Å²) >= 11 is 0. The summed E-state index contributed by atoms with van der Waals surface area (Å²) in [5.74, 6) is 1.36. The molecule has 1 aromatic rings. The summed E-state index contributed by atoms with van der Waals surface area (Å²) in [6, 6.07) is 7.17. The van der Waals surface area contributed by atoms with E-state index < -0.39 is 0 Å². The van der Waals surface area contributed by atoms with Gasteiger partial charge in [0.15, 0.2) is 5.78 Å². The van der Waals surface area contributed by atoms with Crippen LogP contribution >= 0.6 is 12.4 Å². The van der Waals surface area contributed by atoms with Crippen LogP contribution in [0.15, 0.2) is 24.3 Å². The molecule has 18 heavy (non-hydrogen) atoms. The molecule has 1 aliphatic heterocycles. The van der Waals surface area contributed by atoms with Crippen LogP contribution in [0.1, 0.15) is 16.8 Å². The summed E-state index contributed by atoms with van der Waals surface area (Å²) in [6.07, 6.45) is 1.17. The van der Waals surface area contributed by atoms with Gasteiger partial charge < -0.3 is 15.8 Å². The van der Waals surface area contributed by atoms with Gasteiger partial charge in [-0.05, 0) is 37.2 Å². The fourth-order valence-corrected chi connectivity index (χ4v) is 1.93. The van der Waals surface area contributed by atoms with E-state index in [-0.39, 0.29) is 24.7 Å². The van der Waals surface area contributed by atoms with Crippen LogP contribution in [0.4, 0.5) is 0 Å². The van der Waals surface area contributed by atoms with Crippen LogP contribution in [0.2, 0.25) is 0 Å². The smallest absolute Gasteiger partial charge is 0.176 e. The maximum absolute atomic E-state index is 11.3. The number of benzene rings is 1. The summed E-state index contributed by atoms with van der Waals surface area (Å²) in [5, 5.41) is 3.30. The number of hydrogen-bond acceptors (Lipinski definition) is 4. The Kier molecular flexibility index (Phi) is 6.12. The third-order valence-corrected chi connectivity index (χ3v) is 3.01. The van der Waals surface area contributed by atoms with Gasteiger partial charge in [0.2, 0.25) is 0 Å². The second kappa shape index (κ2) is 7.36. The Morgan fingerprint density at radius 3 is 2.67 bits per heavy atom. The molecule has 4 nitrogen and oxygen atoms in total. The molecule has 1 saturated heterocycles. The fraction of sp³-hybridized carbons (Fsp3) is 0.462. The molecule has 0 aliphatic carbocycles. The Balaban J connectivity index is 0.00000162. The number of halogens is 1. The second-order valence-corrected chi connectivity index (χ2v) is 4.32. The molecule has 1 aromatic carbocycles. The first-order valence-electron chi connectivity index (χ1n) is 5.96. The van der Waals surface area contributed by atoms with Gasteiger partial charge in [0.1, 0.15) is 5.75 Å². The standard InChI is InChI=1S/C13H18N2O2.ClH/c14-7-13(16)11-1-3-12(4-2-11)17-9-10-5-6-15-8-10;/h1-4,10,15H,5-9,14H2;1H. The van der Waals surface area contributed by atoms with Gasteiger partial charge >= 0.3 is 0 Å². The minimum atomic E-state index is -0.0449. The predicted molar refractivity (Wildman–Crippen MR) is 73.5 cm³/mol. The van der Waals surface area contributed by atoms with Crippen molar-refractivity contribution in [3.05, 3.63) is 29.8 Å². The first kappa shape index (κ1) is 15.0. The molecule has 1 heterocycles. The molecule has 100 valence electrons. The Morgan fingerprint density at radius 1 is 1.39 bits per heavy atom. The lowest BCUT2D eigenvalue weighted by atomic mass is 10.1. The molecular formula is C13H19ClN2O2. The summed E-state index contributed by atoms with van der Waals surface area (Å²) < 4.78 is 5.68. The van der Waals surface area contributed by atoms with Gasteiger partial charge in [-0.2, -0.15) is 0 Å². The summed E-state index contributed by atoms with van der Waals surface area (Å²) in [5.41, 5.74) is 5.94. The highest BCUT2D eigenvalue weighted by Crippen LogP contribution is 2.15. The van der Waals surface area contributed by atoms with Crippen molar-refractivity contribution in [2.24, 2.45) is 11.7 Å². The first-order chi connectivity index (χ1) is 8.29. The van der Waals surface area contributed by atoms with Gasteiger partial charge in [0.25, 0.3) is 0 Å². The average molecular weight is 271 g/mol. The van der Waals surface area contributed by atoms with Crippen molar-refractivity contribution in [1.82, 2.24) is 5.32 Å². The van der Waals surface area contributed by atoms with Crippen LogP contribution in [0.3, 0.4) is 0 Å². The number of ketones is 1. The van der Waals surface area contributed by atoms with Crippen LogP contribution in [0.25, 0.3) is 0 Å². The van der Waals surface area contributed by atoms with Crippen molar-refractivity contribution in [3.63, 3.8) is 0 Å². The van der Waals surface area contributed by atoms with Crippen LogP contribution in [-0.2, 0) is 0 Å². The number of carbonyl (C=O) groups is 1. The Bertz CT molecular complexity index is 375. The zero-order chi connectivity index (χ0) is 12.1. The molecule has 3 N–H and O–H groups in total. The van der Waals surface area contributed by atoms with Gasteiger partial charge in [0.05, 0.1) is 13.2 Å². The lowest BCUT2D eigenvalue weighted by Crippen LogP contribution is -2.15. The Labute approximate surface area is 113 Å². The van der Waals surface area contributed by atoms with E-state index in [0.29, 0.717) is 11.5 Å². The highest BCUT2D eigenvalue weighted by Gasteiger charge is 2.14. The van der Waals surface area contributed by atoms with Crippen molar-refractivity contribution in [2.75, 3.05) is 26.2 Å². The predicted octanol–water partition coefficient (Wildman–Crippen LogP) is 1.24. The summed E-state index contributed by atoms with van der Waals surface area (Å²) in [4.78, 5) is 11.3. The van der Waals surface area contributed by atoms with Crippen LogP contribution in [-0.4, -0.2) is 32.0 Å². The number of hydrogen-bond donors (Lipinski definition) is 2. The zero-order valence-corrected chi connectivity index (χ0v) is 11.0. The number of Topliss-reactive ketones (excluding diaryl/α,β-unsaturated/α-hetero) is 1. The third-order valence-electron chi connectivity index (χ3n) is 3.01. The molecule has 0 radical (unpaired) electrons. The SMILES string of the molecule is Cl.NCC(=O)c1ccc(OCC2CCNC2)cc1. The van der Waals surface area contributed by atoms with E-state index in [1.807, 2.05) is 12.1 Å². The van der Waals surface area contributed by atoms with E-state index in [1.54, 1.807) is 12.1 Å². The van der Waals surface area contributed by atoms with E-state index in [1.165, 1.54) is 6.42 Å². The van der Waals surface area contributed by atoms with Gasteiger partial charge in [0, 0.05) is 18.0 Å². The van der Waals surface area contributed by atoms with Gasteiger partial charge in [-0.25, -0.2) is 0 Å². The minimum absolute atomic E-state index is 0. The largest absolute Gasteiger partial charge is 0.493 e. The Morgan fingerprint density at radius 2 is 2.11 bits per heavy atom. The van der Waals surface area contributed by atoms with Crippen molar-refractivity contribution >= 4 is 18.2 Å². The highest BCUT2D eigenvalue weighted by molar-refractivity contribution is 5.97. The third kappa shape index (κ3) is 3.98. The molecule has 0 amide bonds. The lowest BCUT2D eigenvalue weighted by molar-refractivity contribution is 0.100. The summed E-state index contributed by atoms with van der Waals surface area (Å²) in [7, 11) is 0. The minimum Gasteiger partial charge on any atom is -0.493 e. The monoisotopic (exact) mass is 270 g/mol. The molecule has 5 heteroatoms. The van der Waals surface area contributed by atoms with E-state index in [0.717, 1.165) is 25.4 Å². The molecule has 1 aliphatic rings. The molecule has 2 rings (SSSR count). The maximum atomic E-state index is 11.3. The molecule has 0 spiro atoms. The maximum Gasteiger partial charge on any atom is 0.176 e. The molecule has 1 fully saturated rings. The van der Waals surface area contributed by atoms with Crippen molar-refractivity contribution in [1.29, 1.82) is 0 Å². The average Bonchev–Trinajstić information content (AvgIpc) is 2.89. The number of carbonyl (C=O) groups excluding carboxylic acids is 1. The van der Waals surface area contributed by atoms with E-state index in [2.05, 4.69) is 5.32 Å². The van der Waals surface area contributed by atoms with Crippen LogP contribution in [0.5, 0.6) is 5.75 Å². The first-order valence-corrected chi connectivity index (χ1v) is 5.96. The molecule has 0 saturated carbocycles. The molecular weight excluding hydrogens is 252 g/mol. The number of nitrogens with one attached hydrogen (secondary N) is 1. The zero-order valence-electron chi connectivity index (χ0n) is 10.2. The normalized spacial score (nSPS) is 18.2. The quantitative estimate of drug-likeness (QED) is 0.790. The van der Waals surface area contributed by atoms with E-state index in [4.69, 9.17) is 10.5 Å². The van der Waals surface area contributed by atoms with E-state index in [9.17, 15) is 4.79 Å². The molecule has 0 aromatic heterocycles. The van der Waals surface area contributed by atoms with Crippen molar-refractivity contribution in [3.8, 4) is 5.75 Å². The highest BCUT2D eigenvalue weighted by atomic mass is 35.5. The lowest BCUT2D eigenvalue weighted by Gasteiger charge is -2.10. The van der Waals surface area contributed by atoms with Gasteiger partial charge in [-0.15, -0.1) is 12.4 Å². The number of rotatable bonds is 5. The van der Waals surface area contributed by atoms with Crippen molar-refractivity contribution in [2.45, 2.75) is 6.42 Å². The Hall–Kier alpha value is -1.10. The second-order valence-electron chi connectivity index (χ2n) is 4.32. The number of nitrogens with two attached hydrogens (primary N) is 1. The van der Waals surface area contributed by atoms with Gasteiger partial charge in [-0.1, -0.05) is 0 Å². The molecule has 0 bridgehead atoms. The molecule has 1 atom stereocenters.